The Labute approximate surface area is 124 Å². The lowest BCUT2D eigenvalue weighted by Crippen LogP contribution is -2.13. The molecule has 0 saturated carbocycles. The Kier molecular flexibility index (Phi) is 5.87. The zero-order valence-corrected chi connectivity index (χ0v) is 12.4. The van der Waals surface area contributed by atoms with E-state index in [-0.39, 0.29) is 12.4 Å². The molecule has 1 N–H and O–H groups in total. The molecular formula is C15H16Cl2N2. The Morgan fingerprint density at radius 1 is 1.00 bits per heavy atom. The molecule has 2 nitrogen and oxygen atoms in total. The lowest BCUT2D eigenvalue weighted by Gasteiger charge is -2.10. The van der Waals surface area contributed by atoms with Crippen LogP contribution in [0, 0.1) is 6.92 Å². The molecule has 2 aromatic carbocycles. The Balaban J connectivity index is 0.00000180. The number of aryl methyl sites for hydroxylation is 1. The normalized spacial score (nSPS) is 10.8. The topological polar surface area (TPSA) is 24.4 Å². The minimum absolute atomic E-state index is 0. The summed E-state index contributed by atoms with van der Waals surface area (Å²) < 4.78 is 0. The van der Waals surface area contributed by atoms with Crippen LogP contribution in [0.3, 0.4) is 0 Å². The van der Waals surface area contributed by atoms with Crippen LogP contribution in [0.15, 0.2) is 53.5 Å². The molecule has 0 aliphatic heterocycles. The third kappa shape index (κ3) is 4.27. The van der Waals surface area contributed by atoms with Crippen molar-refractivity contribution in [3.05, 3.63) is 64.7 Å². The van der Waals surface area contributed by atoms with E-state index in [1.807, 2.05) is 36.4 Å². The first kappa shape index (κ1) is 15.5. The van der Waals surface area contributed by atoms with Crippen molar-refractivity contribution in [2.45, 2.75) is 6.92 Å². The molecule has 0 heterocycles. The van der Waals surface area contributed by atoms with Gasteiger partial charge in [0.25, 0.3) is 0 Å². The van der Waals surface area contributed by atoms with Crippen molar-refractivity contribution in [3.63, 3.8) is 0 Å². The summed E-state index contributed by atoms with van der Waals surface area (Å²) in [6.45, 7) is 2.07. The second kappa shape index (κ2) is 7.17. The lowest BCUT2D eigenvalue weighted by atomic mass is 10.2. The molecule has 0 atom stereocenters. The maximum absolute atomic E-state index is 5.88. The SMILES string of the molecule is CN=C(Nc1ccc(C)cc1)c1ccc(Cl)cc1.Cl. The highest BCUT2D eigenvalue weighted by atomic mass is 35.5. The van der Waals surface area contributed by atoms with Crippen molar-refractivity contribution < 1.29 is 0 Å². The van der Waals surface area contributed by atoms with Crippen LogP contribution in [0.25, 0.3) is 0 Å². The molecule has 0 unspecified atom stereocenters. The maximum Gasteiger partial charge on any atom is 0.132 e. The van der Waals surface area contributed by atoms with Gasteiger partial charge in [0.05, 0.1) is 0 Å². The molecule has 100 valence electrons. The largest absolute Gasteiger partial charge is 0.340 e. The fourth-order valence-electron chi connectivity index (χ4n) is 1.64. The van der Waals surface area contributed by atoms with E-state index in [0.29, 0.717) is 0 Å². The molecule has 0 aliphatic carbocycles. The highest BCUT2D eigenvalue weighted by Crippen LogP contribution is 2.13. The summed E-state index contributed by atoms with van der Waals surface area (Å²) in [5.74, 6) is 0.829. The second-order valence-corrected chi connectivity index (χ2v) is 4.51. The number of hydrogen-bond acceptors (Lipinski definition) is 1. The number of nitrogens with one attached hydrogen (secondary N) is 1. The molecular weight excluding hydrogens is 279 g/mol. The average Bonchev–Trinajstić information content (AvgIpc) is 2.39. The summed E-state index contributed by atoms with van der Waals surface area (Å²) in [7, 11) is 1.77. The van der Waals surface area contributed by atoms with E-state index in [0.717, 1.165) is 22.1 Å². The molecule has 19 heavy (non-hydrogen) atoms. The average molecular weight is 295 g/mol. The fourth-order valence-corrected chi connectivity index (χ4v) is 1.76. The van der Waals surface area contributed by atoms with E-state index >= 15 is 0 Å². The molecule has 0 radical (unpaired) electrons. The van der Waals surface area contributed by atoms with E-state index < -0.39 is 0 Å². The quantitative estimate of drug-likeness (QED) is 0.637. The summed E-state index contributed by atoms with van der Waals surface area (Å²) in [6.07, 6.45) is 0. The predicted octanol–water partition coefficient (Wildman–Crippen LogP) is 4.56. The molecule has 4 heteroatoms. The Bertz CT molecular complexity index is 545. The van der Waals surface area contributed by atoms with Crippen LogP contribution in [0.5, 0.6) is 0 Å². The first-order valence-electron chi connectivity index (χ1n) is 5.75. The molecule has 0 aliphatic rings. The number of nitrogens with zero attached hydrogens (tertiary/aromatic N) is 1. The van der Waals surface area contributed by atoms with Gasteiger partial charge in [0.15, 0.2) is 0 Å². The highest BCUT2D eigenvalue weighted by Gasteiger charge is 2.02. The van der Waals surface area contributed by atoms with Crippen LogP contribution in [0.1, 0.15) is 11.1 Å². The van der Waals surface area contributed by atoms with Crippen molar-refractivity contribution in [1.82, 2.24) is 0 Å². The number of benzene rings is 2. The lowest BCUT2D eigenvalue weighted by molar-refractivity contribution is 1.40. The van der Waals surface area contributed by atoms with Gasteiger partial charge in [-0.2, -0.15) is 0 Å². The van der Waals surface area contributed by atoms with Gasteiger partial charge in [-0.3, -0.25) is 4.99 Å². The van der Waals surface area contributed by atoms with Crippen LogP contribution in [-0.4, -0.2) is 12.9 Å². The summed E-state index contributed by atoms with van der Waals surface area (Å²) in [5, 5.41) is 4.02. The standard InChI is InChI=1S/C15H15ClN2.ClH/c1-11-3-9-14(10-4-11)18-15(17-2)12-5-7-13(16)8-6-12;/h3-10H,1-2H3,(H,17,18);1H. The van der Waals surface area contributed by atoms with Crippen molar-refractivity contribution in [2.24, 2.45) is 4.99 Å². The fraction of sp³-hybridized carbons (Fsp3) is 0.133. The van der Waals surface area contributed by atoms with Crippen LogP contribution < -0.4 is 5.32 Å². The van der Waals surface area contributed by atoms with Gasteiger partial charge in [0.1, 0.15) is 5.84 Å². The minimum atomic E-state index is 0. The minimum Gasteiger partial charge on any atom is -0.340 e. The van der Waals surface area contributed by atoms with Gasteiger partial charge in [-0.1, -0.05) is 29.3 Å². The highest BCUT2D eigenvalue weighted by molar-refractivity contribution is 6.30. The van der Waals surface area contributed by atoms with Gasteiger partial charge in [-0.05, 0) is 43.3 Å². The summed E-state index contributed by atoms with van der Waals surface area (Å²) in [6, 6.07) is 15.8. The van der Waals surface area contributed by atoms with Crippen molar-refractivity contribution in [3.8, 4) is 0 Å². The number of halogens is 2. The molecule has 0 aromatic heterocycles. The zero-order chi connectivity index (χ0) is 13.0. The van der Waals surface area contributed by atoms with E-state index in [1.165, 1.54) is 5.56 Å². The number of hydrogen-bond donors (Lipinski definition) is 1. The first-order valence-corrected chi connectivity index (χ1v) is 6.13. The second-order valence-electron chi connectivity index (χ2n) is 4.07. The van der Waals surface area contributed by atoms with E-state index in [4.69, 9.17) is 11.6 Å². The molecule has 2 rings (SSSR count). The Morgan fingerprint density at radius 3 is 2.11 bits per heavy atom. The van der Waals surface area contributed by atoms with Crippen molar-refractivity contribution in [1.29, 1.82) is 0 Å². The van der Waals surface area contributed by atoms with E-state index in [1.54, 1.807) is 7.05 Å². The summed E-state index contributed by atoms with van der Waals surface area (Å²) in [5.41, 5.74) is 3.28. The number of rotatable bonds is 2. The molecule has 0 amide bonds. The number of aliphatic imine (C=N–C) groups is 1. The summed E-state index contributed by atoms with van der Waals surface area (Å²) in [4.78, 5) is 4.27. The molecule has 0 spiro atoms. The van der Waals surface area contributed by atoms with Crippen LogP contribution in [0.4, 0.5) is 5.69 Å². The Morgan fingerprint density at radius 2 is 1.58 bits per heavy atom. The van der Waals surface area contributed by atoms with Gasteiger partial charge in [-0.15, -0.1) is 12.4 Å². The Hall–Kier alpha value is -1.51. The van der Waals surface area contributed by atoms with Gasteiger partial charge in [0.2, 0.25) is 0 Å². The molecule has 0 fully saturated rings. The number of amidine groups is 1. The smallest absolute Gasteiger partial charge is 0.132 e. The van der Waals surface area contributed by atoms with E-state index in [9.17, 15) is 0 Å². The molecule has 2 aromatic rings. The maximum atomic E-state index is 5.88. The molecule has 0 saturated heterocycles. The van der Waals surface area contributed by atoms with Crippen LogP contribution >= 0.6 is 24.0 Å². The third-order valence-electron chi connectivity index (χ3n) is 2.66. The predicted molar refractivity (Wildman–Crippen MR) is 86.0 cm³/mol. The number of anilines is 1. The molecule has 0 bridgehead atoms. The third-order valence-corrected chi connectivity index (χ3v) is 2.91. The van der Waals surface area contributed by atoms with Gasteiger partial charge >= 0.3 is 0 Å². The van der Waals surface area contributed by atoms with Crippen molar-refractivity contribution >= 4 is 35.5 Å². The van der Waals surface area contributed by atoms with Gasteiger partial charge in [0, 0.05) is 23.3 Å². The van der Waals surface area contributed by atoms with E-state index in [2.05, 4.69) is 29.4 Å². The van der Waals surface area contributed by atoms with Crippen LogP contribution in [0.2, 0.25) is 5.02 Å². The summed E-state index contributed by atoms with van der Waals surface area (Å²) >= 11 is 5.88. The van der Waals surface area contributed by atoms with Crippen LogP contribution in [-0.2, 0) is 0 Å². The monoisotopic (exact) mass is 294 g/mol. The van der Waals surface area contributed by atoms with Gasteiger partial charge < -0.3 is 5.32 Å². The zero-order valence-electron chi connectivity index (χ0n) is 10.9. The van der Waals surface area contributed by atoms with Gasteiger partial charge in [-0.25, -0.2) is 0 Å². The first-order chi connectivity index (χ1) is 8.69. The van der Waals surface area contributed by atoms with Crippen molar-refractivity contribution in [2.75, 3.05) is 12.4 Å².